The zero-order valence-corrected chi connectivity index (χ0v) is 24.4. The number of rotatable bonds is 4. The molecule has 0 radical (unpaired) electrons. The van der Waals surface area contributed by atoms with Crippen molar-refractivity contribution in [1.29, 1.82) is 0 Å². The summed E-state index contributed by atoms with van der Waals surface area (Å²) in [5.41, 5.74) is -0.682. The van der Waals surface area contributed by atoms with Gasteiger partial charge in [0, 0.05) is 25.0 Å². The Bertz CT molecular complexity index is 1150. The second-order valence-electron chi connectivity index (χ2n) is 10.9. The third-order valence-corrected chi connectivity index (χ3v) is 7.84. The van der Waals surface area contributed by atoms with Crippen LogP contribution in [0.3, 0.4) is 0 Å². The molecule has 1 aromatic heterocycles. The number of alkyl halides is 1. The minimum atomic E-state index is -0.966. The second kappa shape index (κ2) is 12.5. The molecule has 0 unspecified atom stereocenters. The van der Waals surface area contributed by atoms with Crippen molar-refractivity contribution in [2.75, 3.05) is 37.8 Å². The van der Waals surface area contributed by atoms with Gasteiger partial charge in [-0.3, -0.25) is 5.01 Å². The molecule has 8 nitrogen and oxygen atoms in total. The summed E-state index contributed by atoms with van der Waals surface area (Å²) >= 11 is 9.53. The Hall–Kier alpha value is -1.98. The third kappa shape index (κ3) is 7.15. The normalized spacial score (nSPS) is 21.6. The van der Waals surface area contributed by atoms with Crippen LogP contribution in [0.4, 0.5) is 19.4 Å². The SMILES string of the molecule is CC(C)(C)OC(=O)N1CCCCCN1c1nc(OC[C@@H]2CCCNC[C@H](F)C2)nc2c(F)c(Br)c(Cl)cc12. The molecule has 2 atom stereocenters. The molecule has 2 aliphatic rings. The molecule has 0 spiro atoms. The number of aromatic nitrogens is 2. The maximum Gasteiger partial charge on any atom is 0.429 e. The van der Waals surface area contributed by atoms with E-state index in [1.165, 1.54) is 5.01 Å². The molecule has 2 aliphatic heterocycles. The predicted octanol–water partition coefficient (Wildman–Crippen LogP) is 6.43. The van der Waals surface area contributed by atoms with Crippen LogP contribution in [0, 0.1) is 11.7 Å². The molecule has 4 rings (SSSR count). The first-order chi connectivity index (χ1) is 18.0. The fraction of sp³-hybridized carbons (Fsp3) is 0.654. The van der Waals surface area contributed by atoms with E-state index >= 15 is 4.39 Å². The summed E-state index contributed by atoms with van der Waals surface area (Å²) in [6.45, 7) is 7.57. The fourth-order valence-electron chi connectivity index (χ4n) is 4.75. The van der Waals surface area contributed by atoms with Crippen molar-refractivity contribution in [1.82, 2.24) is 20.3 Å². The maximum atomic E-state index is 15.4. The molecule has 2 aromatic rings. The molecule has 12 heteroatoms. The van der Waals surface area contributed by atoms with Crippen molar-refractivity contribution in [2.45, 2.75) is 71.1 Å². The number of halogens is 4. The molecule has 210 valence electrons. The Balaban J connectivity index is 1.73. The lowest BCUT2D eigenvalue weighted by atomic mass is 9.96. The molecule has 0 saturated carbocycles. The summed E-state index contributed by atoms with van der Waals surface area (Å²) in [5.74, 6) is -0.370. The highest BCUT2D eigenvalue weighted by Gasteiger charge is 2.32. The molecule has 2 saturated heterocycles. The molecule has 3 heterocycles. The second-order valence-corrected chi connectivity index (χ2v) is 12.1. The van der Waals surface area contributed by atoms with E-state index in [1.54, 1.807) is 31.8 Å². The van der Waals surface area contributed by atoms with Gasteiger partial charge in [0.05, 0.1) is 16.1 Å². The Labute approximate surface area is 235 Å². The van der Waals surface area contributed by atoms with E-state index in [1.807, 2.05) is 0 Å². The Morgan fingerprint density at radius 3 is 2.76 bits per heavy atom. The van der Waals surface area contributed by atoms with Crippen LogP contribution in [0.15, 0.2) is 10.5 Å². The van der Waals surface area contributed by atoms with Gasteiger partial charge in [-0.2, -0.15) is 9.97 Å². The van der Waals surface area contributed by atoms with Crippen molar-refractivity contribution >= 4 is 50.3 Å². The minimum Gasteiger partial charge on any atom is -0.463 e. The predicted molar refractivity (Wildman–Crippen MR) is 147 cm³/mol. The highest BCUT2D eigenvalue weighted by molar-refractivity contribution is 9.10. The molecule has 38 heavy (non-hydrogen) atoms. The van der Waals surface area contributed by atoms with Crippen molar-refractivity contribution in [2.24, 2.45) is 5.92 Å². The number of fused-ring (bicyclic) bond motifs is 1. The van der Waals surface area contributed by atoms with Crippen molar-refractivity contribution in [3.8, 4) is 6.01 Å². The first kappa shape index (κ1) is 29.0. The number of carbonyl (C=O) groups is 1. The van der Waals surface area contributed by atoms with Crippen LogP contribution in [0.5, 0.6) is 6.01 Å². The van der Waals surface area contributed by atoms with Crippen molar-refractivity contribution in [3.63, 3.8) is 0 Å². The lowest BCUT2D eigenvalue weighted by molar-refractivity contribution is 0.0232. The molecule has 2 fully saturated rings. The average molecular weight is 619 g/mol. The van der Waals surface area contributed by atoms with Gasteiger partial charge in [0.2, 0.25) is 0 Å². The van der Waals surface area contributed by atoms with E-state index in [4.69, 9.17) is 21.1 Å². The van der Waals surface area contributed by atoms with Gasteiger partial charge in [0.1, 0.15) is 17.3 Å². The third-order valence-electron chi connectivity index (χ3n) is 6.54. The standard InChI is InChI=1S/C26H35BrClF2N5O3/c1-26(2,3)38-25(36)35-11-6-4-5-10-34(35)23-18-13-19(28)20(27)21(30)22(18)32-24(33-23)37-15-16-8-7-9-31-14-17(29)12-16/h13,16-17,31H,4-12,14-15H2,1-3H3/t16-,17-/m1/s1. The van der Waals surface area contributed by atoms with Gasteiger partial charge < -0.3 is 14.8 Å². The average Bonchev–Trinajstić information content (AvgIpc) is 3.09. The van der Waals surface area contributed by atoms with Crippen LogP contribution in [0.1, 0.15) is 59.3 Å². The summed E-state index contributed by atoms with van der Waals surface area (Å²) in [5, 5.41) is 6.82. The largest absolute Gasteiger partial charge is 0.463 e. The van der Waals surface area contributed by atoms with Gasteiger partial charge in [-0.05, 0) is 93.8 Å². The van der Waals surface area contributed by atoms with Gasteiger partial charge in [-0.1, -0.05) is 11.6 Å². The number of anilines is 1. The molecule has 0 aliphatic carbocycles. The zero-order chi connectivity index (χ0) is 27.4. The van der Waals surface area contributed by atoms with Gasteiger partial charge >= 0.3 is 12.1 Å². The smallest absolute Gasteiger partial charge is 0.429 e. The molecule has 0 bridgehead atoms. The van der Waals surface area contributed by atoms with E-state index in [9.17, 15) is 9.18 Å². The highest BCUT2D eigenvalue weighted by atomic mass is 79.9. The van der Waals surface area contributed by atoms with Crippen LogP contribution in [0.25, 0.3) is 10.9 Å². The fourth-order valence-corrected chi connectivity index (χ4v) is 5.24. The van der Waals surface area contributed by atoms with Crippen LogP contribution >= 0.6 is 27.5 Å². The van der Waals surface area contributed by atoms with E-state index in [2.05, 4.69) is 31.2 Å². The Kier molecular flexibility index (Phi) is 9.52. The first-order valence-corrected chi connectivity index (χ1v) is 14.3. The van der Waals surface area contributed by atoms with Crippen LogP contribution < -0.4 is 15.1 Å². The number of benzene rings is 1. The lowest BCUT2D eigenvalue weighted by Gasteiger charge is -2.35. The lowest BCUT2D eigenvalue weighted by Crippen LogP contribution is -2.49. The zero-order valence-electron chi connectivity index (χ0n) is 22.0. The Morgan fingerprint density at radius 1 is 1.24 bits per heavy atom. The number of hydrazine groups is 1. The molecule has 1 aromatic carbocycles. The van der Waals surface area contributed by atoms with Crippen molar-refractivity contribution in [3.05, 3.63) is 21.4 Å². The molecular weight excluding hydrogens is 584 g/mol. The van der Waals surface area contributed by atoms with Crippen LogP contribution in [-0.2, 0) is 4.74 Å². The minimum absolute atomic E-state index is 0.0138. The maximum absolute atomic E-state index is 15.4. The summed E-state index contributed by atoms with van der Waals surface area (Å²) in [4.78, 5) is 22.2. The number of hydrogen-bond acceptors (Lipinski definition) is 7. The summed E-state index contributed by atoms with van der Waals surface area (Å²) in [7, 11) is 0. The number of amides is 1. The monoisotopic (exact) mass is 617 g/mol. The topological polar surface area (TPSA) is 79.8 Å². The number of nitrogens with zero attached hydrogens (tertiary/aromatic N) is 4. The number of ether oxygens (including phenoxy) is 2. The van der Waals surface area contributed by atoms with E-state index in [0.717, 1.165) is 38.6 Å². The van der Waals surface area contributed by atoms with E-state index < -0.39 is 23.7 Å². The molecular formula is C26H35BrClF2N5O3. The number of hydrogen-bond donors (Lipinski definition) is 1. The summed E-state index contributed by atoms with van der Waals surface area (Å²) in [6, 6.07) is 1.54. The van der Waals surface area contributed by atoms with Gasteiger partial charge in [0.15, 0.2) is 11.6 Å². The van der Waals surface area contributed by atoms with E-state index in [0.29, 0.717) is 37.3 Å². The quantitative estimate of drug-likeness (QED) is 0.396. The van der Waals surface area contributed by atoms with E-state index in [-0.39, 0.29) is 33.5 Å². The van der Waals surface area contributed by atoms with Crippen LogP contribution in [0.2, 0.25) is 5.02 Å². The highest BCUT2D eigenvalue weighted by Crippen LogP contribution is 2.37. The van der Waals surface area contributed by atoms with Crippen LogP contribution in [-0.4, -0.2) is 65.6 Å². The molecule has 1 amide bonds. The van der Waals surface area contributed by atoms with Crippen molar-refractivity contribution < 1.29 is 23.0 Å². The van der Waals surface area contributed by atoms with Gasteiger partial charge in [-0.15, -0.1) is 0 Å². The summed E-state index contributed by atoms with van der Waals surface area (Å²) in [6.07, 6.45) is 3.06. The van der Waals surface area contributed by atoms with Gasteiger partial charge in [0.25, 0.3) is 0 Å². The van der Waals surface area contributed by atoms with Gasteiger partial charge in [-0.25, -0.2) is 18.6 Å². The number of nitrogens with one attached hydrogen (secondary N) is 1. The Morgan fingerprint density at radius 2 is 2.00 bits per heavy atom. The summed E-state index contributed by atoms with van der Waals surface area (Å²) < 4.78 is 41.4. The number of carbonyl (C=O) groups excluding carboxylic acids is 1. The first-order valence-electron chi connectivity index (χ1n) is 13.1. The molecule has 1 N–H and O–H groups in total.